The van der Waals surface area contributed by atoms with Gasteiger partial charge in [0, 0.05) is 19.3 Å². The highest BCUT2D eigenvalue weighted by Gasteiger charge is 2.19. The fourth-order valence-electron chi connectivity index (χ4n) is 9.26. The molecule has 6 heteroatoms. The van der Waals surface area contributed by atoms with E-state index in [1.807, 2.05) is 0 Å². The smallest absolute Gasteiger partial charge is 0.306 e. The first-order chi connectivity index (χ1) is 39.5. The molecule has 0 N–H and O–H groups in total. The fourth-order valence-corrected chi connectivity index (χ4v) is 9.26. The monoisotopic (exact) mass is 1110 g/mol. The number of unbranched alkanes of at least 4 members (excludes halogenated alkanes) is 29. The molecule has 456 valence electrons. The quantitative estimate of drug-likeness (QED) is 0.0261. The molecule has 1 atom stereocenters. The molecule has 0 radical (unpaired) electrons. The molecular formula is C74H124O6. The van der Waals surface area contributed by atoms with E-state index in [0.29, 0.717) is 19.3 Å². The molecule has 0 saturated carbocycles. The van der Waals surface area contributed by atoms with Gasteiger partial charge < -0.3 is 14.2 Å². The Morgan fingerprint density at radius 2 is 0.487 bits per heavy atom. The van der Waals surface area contributed by atoms with E-state index in [1.165, 1.54) is 148 Å². The molecule has 0 saturated heterocycles. The first-order valence-electron chi connectivity index (χ1n) is 33.5. The number of hydrogen-bond donors (Lipinski definition) is 0. The number of carbonyl (C=O) groups is 3. The second-order valence-corrected chi connectivity index (χ2v) is 22.0. The summed E-state index contributed by atoms with van der Waals surface area (Å²) in [6.07, 6.45) is 94.2. The summed E-state index contributed by atoms with van der Waals surface area (Å²) in [7, 11) is 0. The van der Waals surface area contributed by atoms with E-state index in [0.717, 1.165) is 116 Å². The maximum Gasteiger partial charge on any atom is 0.306 e. The van der Waals surface area contributed by atoms with Crippen molar-refractivity contribution >= 4 is 17.9 Å². The summed E-state index contributed by atoms with van der Waals surface area (Å²) in [5.74, 6) is -0.941. The predicted octanol–water partition coefficient (Wildman–Crippen LogP) is 23.2. The largest absolute Gasteiger partial charge is 0.462 e. The van der Waals surface area contributed by atoms with Gasteiger partial charge in [-0.05, 0) is 109 Å². The summed E-state index contributed by atoms with van der Waals surface area (Å²) < 4.78 is 16.8. The summed E-state index contributed by atoms with van der Waals surface area (Å²) in [5.41, 5.74) is 0. The molecule has 0 rings (SSSR count). The van der Waals surface area contributed by atoms with Crippen LogP contribution in [0.3, 0.4) is 0 Å². The van der Waals surface area contributed by atoms with Gasteiger partial charge in [-0.2, -0.15) is 0 Å². The number of allylic oxidation sites excluding steroid dienone is 20. The van der Waals surface area contributed by atoms with Gasteiger partial charge in [-0.25, -0.2) is 0 Å². The highest BCUT2D eigenvalue weighted by Crippen LogP contribution is 2.17. The zero-order valence-electron chi connectivity index (χ0n) is 52.3. The SMILES string of the molecule is CC/C=C\C/C=C\C/C=C\C/C=C\C/C=C\C/C=C\CCCCC(=O)OC(COC(=O)CCCCCCCC)COC(=O)CCCCCCCCCCCCCCCCCCCCCCCC/C=C\C/C=C\C/C=C\C/C=C\CC. The highest BCUT2D eigenvalue weighted by molar-refractivity contribution is 5.71. The Hall–Kier alpha value is -4.19. The molecule has 0 aliphatic heterocycles. The van der Waals surface area contributed by atoms with Crippen LogP contribution in [0.5, 0.6) is 0 Å². The Balaban J connectivity index is 4.02. The first kappa shape index (κ1) is 75.8. The van der Waals surface area contributed by atoms with Crippen LogP contribution in [0, 0.1) is 0 Å². The fraction of sp³-hybridized carbons (Fsp3) is 0.689. The van der Waals surface area contributed by atoms with E-state index in [9.17, 15) is 14.4 Å². The third kappa shape index (κ3) is 64.6. The average Bonchev–Trinajstić information content (AvgIpc) is 3.46. The zero-order chi connectivity index (χ0) is 57.8. The molecule has 0 aromatic rings. The number of esters is 3. The maximum absolute atomic E-state index is 12.8. The molecule has 80 heavy (non-hydrogen) atoms. The van der Waals surface area contributed by atoms with E-state index < -0.39 is 6.10 Å². The lowest BCUT2D eigenvalue weighted by molar-refractivity contribution is -0.167. The molecule has 0 aromatic carbocycles. The van der Waals surface area contributed by atoms with E-state index >= 15 is 0 Å². The van der Waals surface area contributed by atoms with Gasteiger partial charge in [-0.15, -0.1) is 0 Å². The third-order valence-corrected chi connectivity index (χ3v) is 14.2. The Morgan fingerprint density at radius 1 is 0.263 bits per heavy atom. The van der Waals surface area contributed by atoms with Crippen molar-refractivity contribution < 1.29 is 28.6 Å². The lowest BCUT2D eigenvalue weighted by atomic mass is 10.0. The van der Waals surface area contributed by atoms with E-state index in [4.69, 9.17) is 14.2 Å². The summed E-state index contributed by atoms with van der Waals surface area (Å²) in [6.45, 7) is 6.33. The van der Waals surface area contributed by atoms with Crippen LogP contribution in [0.15, 0.2) is 122 Å². The molecule has 0 fully saturated rings. The topological polar surface area (TPSA) is 78.9 Å². The van der Waals surface area contributed by atoms with Gasteiger partial charge in [0.15, 0.2) is 6.10 Å². The van der Waals surface area contributed by atoms with Crippen molar-refractivity contribution in [2.75, 3.05) is 13.2 Å². The maximum atomic E-state index is 12.8. The van der Waals surface area contributed by atoms with E-state index in [2.05, 4.69) is 142 Å². The minimum Gasteiger partial charge on any atom is -0.462 e. The number of rotatable bonds is 60. The second-order valence-electron chi connectivity index (χ2n) is 22.0. The van der Waals surface area contributed by atoms with Crippen molar-refractivity contribution in [1.29, 1.82) is 0 Å². The number of carbonyl (C=O) groups excluding carboxylic acids is 3. The van der Waals surface area contributed by atoms with Gasteiger partial charge in [0.25, 0.3) is 0 Å². The zero-order valence-corrected chi connectivity index (χ0v) is 52.3. The Labute approximate surface area is 494 Å². The molecule has 0 aliphatic carbocycles. The summed E-state index contributed by atoms with van der Waals surface area (Å²) >= 11 is 0. The molecule has 0 heterocycles. The summed E-state index contributed by atoms with van der Waals surface area (Å²) in [4.78, 5) is 38.0. The van der Waals surface area contributed by atoms with E-state index in [1.54, 1.807) is 0 Å². The molecule has 0 amide bonds. The van der Waals surface area contributed by atoms with Crippen molar-refractivity contribution in [3.05, 3.63) is 122 Å². The van der Waals surface area contributed by atoms with Crippen molar-refractivity contribution in [3.63, 3.8) is 0 Å². The minimum atomic E-state index is -0.799. The first-order valence-corrected chi connectivity index (χ1v) is 33.5. The van der Waals surface area contributed by atoms with Crippen molar-refractivity contribution in [1.82, 2.24) is 0 Å². The molecule has 0 aliphatic rings. The van der Waals surface area contributed by atoms with Crippen molar-refractivity contribution in [2.45, 2.75) is 316 Å². The van der Waals surface area contributed by atoms with Crippen LogP contribution < -0.4 is 0 Å². The van der Waals surface area contributed by atoms with Crippen LogP contribution in [0.2, 0.25) is 0 Å². The molecule has 0 spiro atoms. The van der Waals surface area contributed by atoms with Crippen LogP contribution in [-0.2, 0) is 28.6 Å². The standard InChI is InChI=1S/C74H124O6/c1-4-7-10-13-16-18-20-22-24-26-28-30-31-32-33-34-35-36-37-38-39-40-41-42-43-45-46-48-50-52-54-56-58-61-64-67-73(76)79-70-71(69-78-72(75)66-63-60-15-12-9-6-3)80-74(77)68-65-62-59-57-55-53-51-49-47-44-29-27-25-23-21-19-17-14-11-8-5-2/h7-8,10-11,16-19,22-25,28-30,44,49,51,55,57,71H,4-6,9,12-15,20-21,26-27,31-43,45-48,50,52-54,56,58-70H2,1-3H3/b10-7-,11-8-,18-16-,19-17-,24-22-,25-23-,30-28-,44-29-,51-49-,57-55-. The summed E-state index contributed by atoms with van der Waals surface area (Å²) in [6, 6.07) is 0. The average molecular weight is 1110 g/mol. The predicted molar refractivity (Wildman–Crippen MR) is 348 cm³/mol. The van der Waals surface area contributed by atoms with Gasteiger partial charge in [0.05, 0.1) is 0 Å². The third-order valence-electron chi connectivity index (χ3n) is 14.2. The normalized spacial score (nSPS) is 12.9. The van der Waals surface area contributed by atoms with Crippen LogP contribution in [0.1, 0.15) is 310 Å². The Kier molecular flexibility index (Phi) is 63.8. The van der Waals surface area contributed by atoms with E-state index in [-0.39, 0.29) is 37.5 Å². The number of hydrogen-bond acceptors (Lipinski definition) is 6. The highest BCUT2D eigenvalue weighted by atomic mass is 16.6. The minimum absolute atomic E-state index is 0.0940. The summed E-state index contributed by atoms with van der Waals surface area (Å²) in [5, 5.41) is 0. The molecule has 0 aromatic heterocycles. The van der Waals surface area contributed by atoms with Crippen molar-refractivity contribution in [3.8, 4) is 0 Å². The second kappa shape index (κ2) is 67.3. The van der Waals surface area contributed by atoms with Gasteiger partial charge in [0.1, 0.15) is 13.2 Å². The van der Waals surface area contributed by atoms with Crippen LogP contribution in [0.4, 0.5) is 0 Å². The van der Waals surface area contributed by atoms with Crippen LogP contribution in [0.25, 0.3) is 0 Å². The lowest BCUT2D eigenvalue weighted by Gasteiger charge is -2.18. The van der Waals surface area contributed by atoms with Gasteiger partial charge in [-0.1, -0.05) is 303 Å². The molecule has 1 unspecified atom stereocenters. The Morgan fingerprint density at radius 3 is 0.787 bits per heavy atom. The number of ether oxygens (including phenoxy) is 3. The van der Waals surface area contributed by atoms with Gasteiger partial charge >= 0.3 is 17.9 Å². The van der Waals surface area contributed by atoms with Crippen molar-refractivity contribution in [2.24, 2.45) is 0 Å². The van der Waals surface area contributed by atoms with Gasteiger partial charge in [-0.3, -0.25) is 14.4 Å². The van der Waals surface area contributed by atoms with Crippen LogP contribution >= 0.6 is 0 Å². The lowest BCUT2D eigenvalue weighted by Crippen LogP contribution is -2.30. The molecular weight excluding hydrogens is 985 g/mol. The molecule has 0 bridgehead atoms. The van der Waals surface area contributed by atoms with Gasteiger partial charge in [0.2, 0.25) is 0 Å². The Bertz CT molecular complexity index is 1650. The van der Waals surface area contributed by atoms with Crippen LogP contribution in [-0.4, -0.2) is 37.2 Å². The molecule has 6 nitrogen and oxygen atoms in total.